The first kappa shape index (κ1) is 60.4. The highest BCUT2D eigenvalue weighted by molar-refractivity contribution is 6.85. The van der Waals surface area contributed by atoms with Crippen LogP contribution in [0.1, 0.15) is 52.7 Å². The Morgan fingerprint density at radius 1 is 0.573 bits per heavy atom. The molecule has 3 unspecified atom stereocenters. The normalized spacial score (nSPS) is 15.5. The minimum atomic E-state index is -0.638. The Balaban J connectivity index is 1.37. The van der Waals surface area contributed by atoms with Gasteiger partial charge in [-0.05, 0) is 102 Å². The van der Waals surface area contributed by atoms with Gasteiger partial charge in [0.05, 0.1) is 79.0 Å². The molecule has 10 aromatic rings. The molecule has 89 heavy (non-hydrogen) atoms. The zero-order valence-electron chi connectivity index (χ0n) is 49.5. The van der Waals surface area contributed by atoms with Crippen LogP contribution in [0, 0.1) is 34.5 Å². The van der Waals surface area contributed by atoms with Crippen molar-refractivity contribution in [3.8, 4) is 46.2 Å². The molecule has 12 rings (SSSR count). The zero-order valence-corrected chi connectivity index (χ0v) is 52.6. The van der Waals surface area contributed by atoms with Gasteiger partial charge in [0, 0.05) is 28.4 Å². The molecule has 0 fully saturated rings. The number of benzene rings is 7. The molecule has 16 heteroatoms. The molecular weight excluding hydrogens is 1180 g/mol. The van der Waals surface area contributed by atoms with E-state index in [0.29, 0.717) is 95.3 Å². The molecule has 7 aromatic carbocycles. The summed E-state index contributed by atoms with van der Waals surface area (Å²) < 4.78 is 17.5. The zero-order chi connectivity index (χ0) is 61.7. The maximum Gasteiger partial charge on any atom is 0.328 e. The van der Waals surface area contributed by atoms with Crippen LogP contribution in [-0.4, -0.2) is 69.8 Å². The Hall–Kier alpha value is -8.87. The van der Waals surface area contributed by atoms with E-state index < -0.39 is 25.8 Å². The SMILES string of the molecule is CCCCC(C)COc1ccc(-c2c3/c(=C(\C#N)C4=NC5C=C(Cl)C(Cl)=CC5N=C4)n(B(c4ccccc4)c4ccccc4)c(-c4ccc(OCC(C)C)cc4)c3/c(=C(\C#N)c3cnc4cc(Cl)c(Cl)cc4n3)n2B(c2ccccc2)c2ccccc2)cc1. The van der Waals surface area contributed by atoms with Crippen LogP contribution in [0.25, 0.3) is 55.5 Å². The Morgan fingerprint density at radius 3 is 1.48 bits per heavy atom. The van der Waals surface area contributed by atoms with Crippen molar-refractivity contribution in [2.75, 3.05) is 13.2 Å². The lowest BCUT2D eigenvalue weighted by molar-refractivity contribution is 0.250. The van der Waals surface area contributed by atoms with E-state index >= 15 is 0 Å². The highest BCUT2D eigenvalue weighted by atomic mass is 35.5. The summed E-state index contributed by atoms with van der Waals surface area (Å²) in [4.78, 5) is 20.6. The van der Waals surface area contributed by atoms with E-state index in [1.807, 2.05) is 97.1 Å². The lowest BCUT2D eigenvalue weighted by atomic mass is 9.50. The highest BCUT2D eigenvalue weighted by Gasteiger charge is 2.38. The van der Waals surface area contributed by atoms with Gasteiger partial charge in [-0.25, -0.2) is 4.98 Å². The van der Waals surface area contributed by atoms with Gasteiger partial charge in [0.1, 0.15) is 40.5 Å². The number of fused-ring (bicyclic) bond motifs is 3. The second-order valence-electron chi connectivity index (χ2n) is 22.9. The predicted octanol–water partition coefficient (Wildman–Crippen LogP) is 13.5. The van der Waals surface area contributed by atoms with Crippen molar-refractivity contribution in [3.63, 3.8) is 0 Å². The van der Waals surface area contributed by atoms with Crippen LogP contribution in [0.2, 0.25) is 10.0 Å². The number of hydrogen-bond acceptors (Lipinski definition) is 8. The molecule has 1 aliphatic heterocycles. The average molecular weight is 1240 g/mol. The van der Waals surface area contributed by atoms with E-state index in [1.165, 1.54) is 0 Å². The van der Waals surface area contributed by atoms with E-state index in [1.54, 1.807) is 36.7 Å². The van der Waals surface area contributed by atoms with Crippen LogP contribution in [0.15, 0.2) is 220 Å². The lowest BCUT2D eigenvalue weighted by Gasteiger charge is -2.25. The molecule has 2 aliphatic rings. The second kappa shape index (κ2) is 26.8. The Labute approximate surface area is 539 Å². The molecule has 0 bridgehead atoms. The Bertz CT molecular complexity index is 4540. The minimum absolute atomic E-state index is 0.195. The number of nitriles is 2. The van der Waals surface area contributed by atoms with Gasteiger partial charge in [-0.15, -0.1) is 0 Å². The number of rotatable bonds is 19. The molecule has 3 aromatic heterocycles. The van der Waals surface area contributed by atoms with E-state index in [4.69, 9.17) is 75.8 Å². The monoisotopic (exact) mass is 1240 g/mol. The molecule has 0 saturated heterocycles. The molecule has 438 valence electrons. The number of nitrogens with zero attached hydrogens (tertiary/aromatic N) is 8. The number of allylic oxidation sites excluding steroid dienone is 2. The van der Waals surface area contributed by atoms with Crippen molar-refractivity contribution in [1.82, 2.24) is 18.9 Å². The predicted molar refractivity (Wildman–Crippen MR) is 369 cm³/mol. The number of halogens is 4. The first-order valence-electron chi connectivity index (χ1n) is 29.9. The Morgan fingerprint density at radius 2 is 1.02 bits per heavy atom. The van der Waals surface area contributed by atoms with E-state index in [2.05, 4.69) is 122 Å². The number of aromatic nitrogens is 4. The van der Waals surface area contributed by atoms with Gasteiger partial charge in [0.25, 0.3) is 0 Å². The topological polar surface area (TPSA) is 126 Å². The summed E-state index contributed by atoms with van der Waals surface area (Å²) in [5.74, 6) is 1.99. The molecule has 10 nitrogen and oxygen atoms in total. The summed E-state index contributed by atoms with van der Waals surface area (Å²) in [5.41, 5.74) is 8.54. The average Bonchev–Trinajstić information content (AvgIpc) is 1.54. The van der Waals surface area contributed by atoms with Crippen LogP contribution >= 0.6 is 46.4 Å². The van der Waals surface area contributed by atoms with Crippen molar-refractivity contribution in [1.29, 1.82) is 10.5 Å². The number of aliphatic imine (C=N–C) groups is 2. The van der Waals surface area contributed by atoms with E-state index in [9.17, 15) is 10.5 Å². The number of unbranched alkanes of at least 4 members (excludes halogenated alkanes) is 1. The molecule has 4 heterocycles. The maximum atomic E-state index is 12.5. The second-order valence-corrected chi connectivity index (χ2v) is 24.6. The number of hydrogen-bond donors (Lipinski definition) is 0. The smallest absolute Gasteiger partial charge is 0.328 e. The summed E-state index contributed by atoms with van der Waals surface area (Å²) in [5, 5.41) is 28.6. The quantitative estimate of drug-likeness (QED) is 0.0742. The first-order chi connectivity index (χ1) is 43.4. The van der Waals surface area contributed by atoms with Gasteiger partial charge in [-0.3, -0.25) is 15.0 Å². The van der Waals surface area contributed by atoms with Crippen molar-refractivity contribution >= 4 is 127 Å². The Kier molecular flexibility index (Phi) is 18.2. The summed E-state index contributed by atoms with van der Waals surface area (Å²) in [6.07, 6.45) is 10.1. The van der Waals surface area contributed by atoms with Crippen LogP contribution < -0.4 is 42.0 Å². The largest absolute Gasteiger partial charge is 0.493 e. The summed E-state index contributed by atoms with van der Waals surface area (Å²) in [7, 11) is 0. The van der Waals surface area contributed by atoms with Crippen molar-refractivity contribution in [2.45, 2.75) is 59.0 Å². The fourth-order valence-corrected chi connectivity index (χ4v) is 12.7. The van der Waals surface area contributed by atoms with E-state index in [0.717, 1.165) is 52.2 Å². The first-order valence-corrected chi connectivity index (χ1v) is 31.5. The lowest BCUT2D eigenvalue weighted by Crippen LogP contribution is -2.54. The molecule has 0 radical (unpaired) electrons. The van der Waals surface area contributed by atoms with Crippen molar-refractivity contribution < 1.29 is 9.47 Å². The maximum absolute atomic E-state index is 12.5. The summed E-state index contributed by atoms with van der Waals surface area (Å²) in [6.45, 7) is 8.44. The standard InChI is InChI=1S/C73H60B2Cl4N8O2/c1-5-6-19-47(4)45-89-55-34-30-49(31-35-55)71-69-68(72(56(40-80)66-42-82-62-36-58(76)60(78)38-64(62)84-66)87(71)75(52-24-15-9-16-25-52)53-26-17-10-18-27-53)70(48-28-32-54(33-29-48)88-44-46(2)3)86(74(50-20-11-7-12-21-50)51-22-13-8-14-23-51)73(69)57(41-81)67-43-83-63-37-59(77)61(79)39-65(63)85-67/h7-18,20-39,42-43,46-47,63,65H,5-6,19,44-45H2,1-4H3/b72-56-,73-57-. The number of ether oxygens (including phenoxy) is 2. The summed E-state index contributed by atoms with van der Waals surface area (Å²) in [6, 6.07) is 65.2. The van der Waals surface area contributed by atoms with Gasteiger partial charge in [-0.1, -0.05) is 230 Å². The molecule has 0 N–H and O–H groups in total. The molecular formula is C73H60B2Cl4N8O2. The third-order valence-corrected chi connectivity index (χ3v) is 17.7. The van der Waals surface area contributed by atoms with Gasteiger partial charge >= 0.3 is 13.7 Å². The fraction of sp³-hybridized carbons (Fsp3) is 0.178. The van der Waals surface area contributed by atoms with Crippen molar-refractivity contribution in [2.24, 2.45) is 21.8 Å². The molecule has 0 spiro atoms. The van der Waals surface area contributed by atoms with Crippen molar-refractivity contribution in [3.05, 3.63) is 237 Å². The third-order valence-electron chi connectivity index (χ3n) is 16.2. The third kappa shape index (κ3) is 12.4. The minimum Gasteiger partial charge on any atom is -0.493 e. The van der Waals surface area contributed by atoms with Crippen LogP contribution in [0.4, 0.5) is 0 Å². The van der Waals surface area contributed by atoms with Gasteiger partial charge < -0.3 is 18.4 Å². The molecule has 0 saturated carbocycles. The van der Waals surface area contributed by atoms with Gasteiger partial charge in [-0.2, -0.15) is 10.5 Å². The molecule has 1 aliphatic carbocycles. The van der Waals surface area contributed by atoms with E-state index in [-0.39, 0.29) is 27.8 Å². The van der Waals surface area contributed by atoms with Gasteiger partial charge in [0.2, 0.25) is 0 Å². The fourth-order valence-electron chi connectivity index (χ4n) is 12.0. The molecule has 3 atom stereocenters. The van der Waals surface area contributed by atoms with Crippen LogP contribution in [0.3, 0.4) is 0 Å². The van der Waals surface area contributed by atoms with Crippen LogP contribution in [0.5, 0.6) is 11.5 Å². The summed E-state index contributed by atoms with van der Waals surface area (Å²) >= 11 is 26.8. The molecule has 0 amide bonds. The van der Waals surface area contributed by atoms with Gasteiger partial charge in [0.15, 0.2) is 0 Å². The highest BCUT2D eigenvalue weighted by Crippen LogP contribution is 2.38. The van der Waals surface area contributed by atoms with Crippen LogP contribution in [-0.2, 0) is 0 Å².